The monoisotopic (exact) mass is 344 g/mol. The van der Waals surface area contributed by atoms with E-state index in [0.29, 0.717) is 25.7 Å². The van der Waals surface area contributed by atoms with E-state index < -0.39 is 0 Å². The molecule has 20 heavy (non-hydrogen) atoms. The standard InChI is InChI=1S/C16H25BrO3/c1-4-19-16-11-14(12-17)5-6-15(16)20-10-9-18-8-7-13(2)3/h5-6,11,13H,4,7-10,12H2,1-3H3. The van der Waals surface area contributed by atoms with Crippen molar-refractivity contribution in [1.82, 2.24) is 0 Å². The van der Waals surface area contributed by atoms with E-state index in [1.165, 1.54) is 5.56 Å². The molecule has 0 spiro atoms. The summed E-state index contributed by atoms with van der Waals surface area (Å²) in [6.45, 7) is 8.94. The van der Waals surface area contributed by atoms with Gasteiger partial charge in [-0.05, 0) is 37.0 Å². The van der Waals surface area contributed by atoms with Crippen LogP contribution in [0.15, 0.2) is 18.2 Å². The predicted octanol–water partition coefficient (Wildman–Crippen LogP) is 4.42. The zero-order valence-corrected chi connectivity index (χ0v) is 14.2. The Morgan fingerprint density at radius 1 is 1.05 bits per heavy atom. The van der Waals surface area contributed by atoms with Gasteiger partial charge in [-0.3, -0.25) is 0 Å². The average Bonchev–Trinajstić information content (AvgIpc) is 2.43. The van der Waals surface area contributed by atoms with Gasteiger partial charge in [0.2, 0.25) is 0 Å². The Labute approximate surface area is 130 Å². The highest BCUT2D eigenvalue weighted by atomic mass is 79.9. The highest BCUT2D eigenvalue weighted by Gasteiger charge is 2.06. The van der Waals surface area contributed by atoms with E-state index in [4.69, 9.17) is 14.2 Å². The third-order valence-electron chi connectivity index (χ3n) is 2.79. The summed E-state index contributed by atoms with van der Waals surface area (Å²) in [4.78, 5) is 0. The number of alkyl halides is 1. The molecule has 0 aromatic heterocycles. The second-order valence-electron chi connectivity index (χ2n) is 4.99. The lowest BCUT2D eigenvalue weighted by Crippen LogP contribution is -2.09. The maximum absolute atomic E-state index is 5.73. The fraction of sp³-hybridized carbons (Fsp3) is 0.625. The van der Waals surface area contributed by atoms with E-state index >= 15 is 0 Å². The molecule has 0 aliphatic heterocycles. The van der Waals surface area contributed by atoms with Gasteiger partial charge in [0, 0.05) is 11.9 Å². The number of hydrogen-bond donors (Lipinski definition) is 0. The fourth-order valence-corrected chi connectivity index (χ4v) is 2.00. The molecule has 0 radical (unpaired) electrons. The fourth-order valence-electron chi connectivity index (χ4n) is 1.65. The van der Waals surface area contributed by atoms with E-state index in [-0.39, 0.29) is 0 Å². The van der Waals surface area contributed by atoms with Crippen LogP contribution in [0.2, 0.25) is 0 Å². The predicted molar refractivity (Wildman–Crippen MR) is 86.0 cm³/mol. The second-order valence-corrected chi connectivity index (χ2v) is 5.55. The van der Waals surface area contributed by atoms with Crippen LogP contribution >= 0.6 is 15.9 Å². The Bertz CT molecular complexity index is 380. The van der Waals surface area contributed by atoms with Crippen LogP contribution in [-0.4, -0.2) is 26.4 Å². The molecule has 0 heterocycles. The lowest BCUT2D eigenvalue weighted by Gasteiger charge is -2.13. The van der Waals surface area contributed by atoms with Crippen molar-refractivity contribution in [2.24, 2.45) is 5.92 Å². The molecule has 0 fully saturated rings. The maximum Gasteiger partial charge on any atom is 0.161 e. The van der Waals surface area contributed by atoms with Gasteiger partial charge in [0.05, 0.1) is 13.2 Å². The first-order valence-electron chi connectivity index (χ1n) is 7.19. The summed E-state index contributed by atoms with van der Waals surface area (Å²) in [5, 5.41) is 0.811. The molecule has 1 aromatic carbocycles. The molecular weight excluding hydrogens is 320 g/mol. The van der Waals surface area contributed by atoms with Crippen LogP contribution in [0, 0.1) is 5.92 Å². The van der Waals surface area contributed by atoms with Crippen LogP contribution in [0.3, 0.4) is 0 Å². The Morgan fingerprint density at radius 3 is 2.50 bits per heavy atom. The van der Waals surface area contributed by atoms with Gasteiger partial charge in [0.25, 0.3) is 0 Å². The maximum atomic E-state index is 5.73. The van der Waals surface area contributed by atoms with Gasteiger partial charge in [-0.2, -0.15) is 0 Å². The Balaban J connectivity index is 2.38. The molecule has 0 saturated heterocycles. The van der Waals surface area contributed by atoms with Gasteiger partial charge in [0.15, 0.2) is 11.5 Å². The lowest BCUT2D eigenvalue weighted by molar-refractivity contribution is 0.0914. The third kappa shape index (κ3) is 6.62. The average molecular weight is 345 g/mol. The van der Waals surface area contributed by atoms with Gasteiger partial charge >= 0.3 is 0 Å². The van der Waals surface area contributed by atoms with Crippen LogP contribution in [0.25, 0.3) is 0 Å². The molecule has 0 saturated carbocycles. The molecule has 0 atom stereocenters. The van der Waals surface area contributed by atoms with E-state index in [9.17, 15) is 0 Å². The first kappa shape index (κ1) is 17.3. The summed E-state index contributed by atoms with van der Waals surface area (Å²) in [5.74, 6) is 2.26. The molecule has 0 amide bonds. The molecule has 0 aliphatic rings. The summed E-state index contributed by atoms with van der Waals surface area (Å²) in [5.41, 5.74) is 1.17. The van der Waals surface area contributed by atoms with Gasteiger partial charge in [-0.1, -0.05) is 35.8 Å². The molecule has 4 heteroatoms. The first-order valence-corrected chi connectivity index (χ1v) is 8.31. The van der Waals surface area contributed by atoms with Crippen molar-refractivity contribution in [3.63, 3.8) is 0 Å². The molecule has 0 N–H and O–H groups in total. The number of ether oxygens (including phenoxy) is 3. The second kappa shape index (κ2) is 10.1. The van der Waals surface area contributed by atoms with Crippen LogP contribution < -0.4 is 9.47 Å². The van der Waals surface area contributed by atoms with Crippen molar-refractivity contribution < 1.29 is 14.2 Å². The molecule has 114 valence electrons. The quantitative estimate of drug-likeness (QED) is 0.464. The SMILES string of the molecule is CCOc1cc(CBr)ccc1OCCOCCC(C)C. The highest BCUT2D eigenvalue weighted by molar-refractivity contribution is 9.08. The summed E-state index contributed by atoms with van der Waals surface area (Å²) in [6, 6.07) is 6.00. The van der Waals surface area contributed by atoms with E-state index in [0.717, 1.165) is 29.9 Å². The first-order chi connectivity index (χ1) is 9.67. The highest BCUT2D eigenvalue weighted by Crippen LogP contribution is 2.29. The van der Waals surface area contributed by atoms with E-state index in [1.54, 1.807) is 0 Å². The van der Waals surface area contributed by atoms with Crippen LogP contribution in [0.5, 0.6) is 11.5 Å². The van der Waals surface area contributed by atoms with Crippen molar-refractivity contribution in [3.05, 3.63) is 23.8 Å². The van der Waals surface area contributed by atoms with Crippen molar-refractivity contribution in [2.75, 3.05) is 26.4 Å². The van der Waals surface area contributed by atoms with Gasteiger partial charge in [-0.25, -0.2) is 0 Å². The number of rotatable bonds is 10. The molecule has 0 aliphatic carbocycles. The molecule has 1 rings (SSSR count). The van der Waals surface area contributed by atoms with Gasteiger partial charge in [0.1, 0.15) is 6.61 Å². The smallest absolute Gasteiger partial charge is 0.161 e. The summed E-state index contributed by atoms with van der Waals surface area (Å²) < 4.78 is 16.9. The molecule has 0 unspecified atom stereocenters. The topological polar surface area (TPSA) is 27.7 Å². The summed E-state index contributed by atoms with van der Waals surface area (Å²) in [7, 11) is 0. The zero-order valence-electron chi connectivity index (χ0n) is 12.7. The van der Waals surface area contributed by atoms with Crippen LogP contribution in [0.1, 0.15) is 32.8 Å². The van der Waals surface area contributed by atoms with E-state index in [1.807, 2.05) is 25.1 Å². The molecule has 1 aromatic rings. The summed E-state index contributed by atoms with van der Waals surface area (Å²) in [6.07, 6.45) is 1.09. The Morgan fingerprint density at radius 2 is 1.85 bits per heavy atom. The molecular formula is C16H25BrO3. The lowest BCUT2D eigenvalue weighted by atomic mass is 10.1. The third-order valence-corrected chi connectivity index (χ3v) is 3.43. The molecule has 0 bridgehead atoms. The minimum atomic E-state index is 0.547. The van der Waals surface area contributed by atoms with Crippen molar-refractivity contribution in [2.45, 2.75) is 32.5 Å². The minimum Gasteiger partial charge on any atom is -0.490 e. The number of hydrogen-bond acceptors (Lipinski definition) is 3. The van der Waals surface area contributed by atoms with Gasteiger partial charge in [-0.15, -0.1) is 0 Å². The van der Waals surface area contributed by atoms with Crippen LogP contribution in [0.4, 0.5) is 0 Å². The normalized spacial score (nSPS) is 10.8. The zero-order chi connectivity index (χ0) is 14.8. The Hall–Kier alpha value is -0.740. The molecule has 3 nitrogen and oxygen atoms in total. The number of benzene rings is 1. The van der Waals surface area contributed by atoms with Crippen molar-refractivity contribution in [1.29, 1.82) is 0 Å². The van der Waals surface area contributed by atoms with E-state index in [2.05, 4.69) is 29.8 Å². The van der Waals surface area contributed by atoms with Gasteiger partial charge < -0.3 is 14.2 Å². The van der Waals surface area contributed by atoms with Crippen molar-refractivity contribution >= 4 is 15.9 Å². The van der Waals surface area contributed by atoms with Crippen LogP contribution in [-0.2, 0) is 10.1 Å². The summed E-state index contributed by atoms with van der Waals surface area (Å²) >= 11 is 3.44. The largest absolute Gasteiger partial charge is 0.490 e. The van der Waals surface area contributed by atoms with Crippen molar-refractivity contribution in [3.8, 4) is 11.5 Å². The Kier molecular flexibility index (Phi) is 8.70. The minimum absolute atomic E-state index is 0.547. The number of halogens is 1.